The van der Waals surface area contributed by atoms with Crippen LogP contribution in [0.5, 0.6) is 0 Å². The molecule has 0 saturated heterocycles. The zero-order valence-electron chi connectivity index (χ0n) is 17.6. The van der Waals surface area contributed by atoms with E-state index in [1.165, 1.54) is 12.1 Å². The van der Waals surface area contributed by atoms with E-state index in [0.29, 0.717) is 12.0 Å². The Kier molecular flexibility index (Phi) is 5.72. The Balaban J connectivity index is 1.93. The highest BCUT2D eigenvalue weighted by atomic mass is 19.4. The molecule has 0 saturated carbocycles. The lowest BCUT2D eigenvalue weighted by Crippen LogP contribution is -2.20. The van der Waals surface area contributed by atoms with Gasteiger partial charge in [-0.15, -0.1) is 0 Å². The van der Waals surface area contributed by atoms with Crippen LogP contribution in [0.3, 0.4) is 0 Å². The van der Waals surface area contributed by atoms with Crippen molar-refractivity contribution >= 4 is 16.9 Å². The third-order valence-corrected chi connectivity index (χ3v) is 6.39. The summed E-state index contributed by atoms with van der Waals surface area (Å²) in [6.07, 6.45) is -1.39. The Morgan fingerprint density at radius 2 is 1.97 bits per heavy atom. The van der Waals surface area contributed by atoms with Crippen molar-refractivity contribution in [2.45, 2.75) is 57.2 Å². The van der Waals surface area contributed by atoms with Crippen LogP contribution in [0.4, 0.5) is 13.2 Å². The fraction of sp³-hybridized carbons (Fsp3) is 0.360. The molecule has 1 aromatic heterocycles. The van der Waals surface area contributed by atoms with Crippen molar-refractivity contribution in [2.75, 3.05) is 0 Å². The smallest absolute Gasteiger partial charge is 0.416 e. The molecule has 2 atom stereocenters. The molecule has 4 rings (SSSR count). The summed E-state index contributed by atoms with van der Waals surface area (Å²) in [7, 11) is 0. The van der Waals surface area contributed by atoms with Gasteiger partial charge in [0.1, 0.15) is 0 Å². The highest BCUT2D eigenvalue weighted by molar-refractivity contribution is 5.88. The van der Waals surface area contributed by atoms with Crippen LogP contribution in [0, 0.1) is 11.3 Å². The number of nitrogens with zero attached hydrogens (tertiary/aromatic N) is 2. The van der Waals surface area contributed by atoms with Crippen molar-refractivity contribution in [2.24, 2.45) is 0 Å². The highest BCUT2D eigenvalue weighted by Gasteiger charge is 2.33. The lowest BCUT2D eigenvalue weighted by atomic mass is 9.84. The van der Waals surface area contributed by atoms with Crippen molar-refractivity contribution < 1.29 is 23.1 Å². The molecule has 0 fully saturated rings. The van der Waals surface area contributed by atoms with Crippen LogP contribution in [-0.4, -0.2) is 15.6 Å². The molecule has 2 unspecified atom stereocenters. The van der Waals surface area contributed by atoms with E-state index in [1.807, 2.05) is 19.1 Å². The first-order chi connectivity index (χ1) is 15.2. The number of fused-ring (bicyclic) bond motifs is 3. The molecule has 0 spiro atoms. The largest absolute Gasteiger partial charge is 0.481 e. The van der Waals surface area contributed by atoms with Crippen LogP contribution >= 0.6 is 0 Å². The number of aromatic nitrogens is 1. The fourth-order valence-corrected chi connectivity index (χ4v) is 5.05. The maximum Gasteiger partial charge on any atom is 0.416 e. The summed E-state index contributed by atoms with van der Waals surface area (Å²) in [6, 6.07) is 12.6. The highest BCUT2D eigenvalue weighted by Crippen LogP contribution is 2.44. The molecule has 1 aliphatic rings. The number of hydrogen-bond donors (Lipinski definition) is 1. The first-order valence-corrected chi connectivity index (χ1v) is 10.7. The lowest BCUT2D eigenvalue weighted by Gasteiger charge is -2.29. The number of benzene rings is 2. The Labute approximate surface area is 183 Å². The number of aliphatic carboxylic acids is 1. The molecule has 4 nitrogen and oxygen atoms in total. The van der Waals surface area contributed by atoms with Crippen LogP contribution in [0.2, 0.25) is 0 Å². The first kappa shape index (κ1) is 21.9. The Morgan fingerprint density at radius 3 is 2.56 bits per heavy atom. The van der Waals surface area contributed by atoms with Gasteiger partial charge in [0, 0.05) is 22.5 Å². The molecule has 1 aliphatic carbocycles. The zero-order chi connectivity index (χ0) is 23.0. The van der Waals surface area contributed by atoms with E-state index in [2.05, 4.69) is 10.6 Å². The van der Waals surface area contributed by atoms with Gasteiger partial charge >= 0.3 is 12.1 Å². The molecule has 7 heteroatoms. The standard InChI is InChI=1S/C25H23F3N2O2/c1-2-21(16-7-9-18(10-8-16)25(26,27)28)30-22-11-6-15(14-29)12-20(22)19-5-3-4-17(24(19)30)13-23(31)32/h6-12,17,21H,2-5,13H2,1H3,(H,31,32). The van der Waals surface area contributed by atoms with E-state index in [9.17, 15) is 28.3 Å². The third-order valence-electron chi connectivity index (χ3n) is 6.39. The molecule has 3 aromatic rings. The molecule has 2 aromatic carbocycles. The van der Waals surface area contributed by atoms with Gasteiger partial charge in [-0.05, 0) is 67.1 Å². The van der Waals surface area contributed by atoms with Crippen LogP contribution in [0.25, 0.3) is 10.9 Å². The van der Waals surface area contributed by atoms with E-state index in [1.54, 1.807) is 6.07 Å². The van der Waals surface area contributed by atoms with Crippen LogP contribution in [0.15, 0.2) is 42.5 Å². The second-order valence-corrected chi connectivity index (χ2v) is 8.31. The van der Waals surface area contributed by atoms with Crippen molar-refractivity contribution in [3.63, 3.8) is 0 Å². The van der Waals surface area contributed by atoms with Crippen LogP contribution in [0.1, 0.15) is 72.5 Å². The van der Waals surface area contributed by atoms with Gasteiger partial charge in [-0.1, -0.05) is 19.1 Å². The summed E-state index contributed by atoms with van der Waals surface area (Å²) in [5.41, 5.74) is 3.45. The summed E-state index contributed by atoms with van der Waals surface area (Å²) in [4.78, 5) is 11.6. The number of alkyl halides is 3. The predicted octanol–water partition coefficient (Wildman–Crippen LogP) is 6.43. The van der Waals surface area contributed by atoms with E-state index >= 15 is 0 Å². The minimum atomic E-state index is -4.40. The minimum absolute atomic E-state index is 0.00211. The summed E-state index contributed by atoms with van der Waals surface area (Å²) in [6.45, 7) is 1.97. The average molecular weight is 440 g/mol. The molecular formula is C25H23F3N2O2. The van der Waals surface area contributed by atoms with E-state index in [4.69, 9.17) is 0 Å². The maximum atomic E-state index is 13.1. The zero-order valence-corrected chi connectivity index (χ0v) is 17.6. The molecule has 0 radical (unpaired) electrons. The monoisotopic (exact) mass is 440 g/mol. The Morgan fingerprint density at radius 1 is 1.25 bits per heavy atom. The third kappa shape index (κ3) is 3.86. The Bertz CT molecular complexity index is 1200. The Hall–Kier alpha value is -3.27. The number of aryl methyl sites for hydroxylation is 1. The molecule has 32 heavy (non-hydrogen) atoms. The van der Waals surface area contributed by atoms with Gasteiger partial charge in [0.25, 0.3) is 0 Å². The van der Waals surface area contributed by atoms with Crippen molar-refractivity contribution in [3.05, 3.63) is 70.4 Å². The van der Waals surface area contributed by atoms with E-state index in [-0.39, 0.29) is 18.4 Å². The molecule has 1 N–H and O–H groups in total. The number of halogens is 3. The van der Waals surface area contributed by atoms with Gasteiger partial charge in [0.15, 0.2) is 0 Å². The second kappa shape index (κ2) is 8.34. The van der Waals surface area contributed by atoms with Crippen LogP contribution < -0.4 is 0 Å². The molecular weight excluding hydrogens is 417 g/mol. The number of nitriles is 1. The molecule has 0 amide bonds. The average Bonchev–Trinajstić information content (AvgIpc) is 3.08. The number of hydrogen-bond acceptors (Lipinski definition) is 2. The quantitative estimate of drug-likeness (QED) is 0.497. The summed E-state index contributed by atoms with van der Waals surface area (Å²) in [5.74, 6) is -1.06. The van der Waals surface area contributed by atoms with Crippen molar-refractivity contribution in [1.82, 2.24) is 4.57 Å². The molecule has 0 aliphatic heterocycles. The molecule has 1 heterocycles. The number of carbonyl (C=O) groups is 1. The lowest BCUT2D eigenvalue weighted by molar-refractivity contribution is -0.138. The second-order valence-electron chi connectivity index (χ2n) is 8.31. The maximum absolute atomic E-state index is 13.1. The summed E-state index contributed by atoms with van der Waals surface area (Å²) >= 11 is 0. The van der Waals surface area contributed by atoms with Gasteiger partial charge in [-0.3, -0.25) is 4.79 Å². The van der Waals surface area contributed by atoms with E-state index < -0.39 is 17.7 Å². The van der Waals surface area contributed by atoms with Gasteiger partial charge in [0.2, 0.25) is 0 Å². The SMILES string of the molecule is CCC(c1ccc(C(F)(F)F)cc1)n1c2c(c3cc(C#N)ccc31)CCCC2CC(=O)O. The van der Waals surface area contributed by atoms with Crippen molar-refractivity contribution in [3.8, 4) is 6.07 Å². The van der Waals surface area contributed by atoms with Gasteiger partial charge < -0.3 is 9.67 Å². The normalized spacial score (nSPS) is 17.0. The van der Waals surface area contributed by atoms with Gasteiger partial charge in [0.05, 0.1) is 29.7 Å². The number of carboxylic acids is 1. The number of rotatable bonds is 5. The summed E-state index contributed by atoms with van der Waals surface area (Å²) < 4.78 is 41.3. The van der Waals surface area contributed by atoms with Gasteiger partial charge in [-0.25, -0.2) is 0 Å². The predicted molar refractivity (Wildman–Crippen MR) is 114 cm³/mol. The minimum Gasteiger partial charge on any atom is -0.481 e. The van der Waals surface area contributed by atoms with E-state index in [0.717, 1.165) is 59.1 Å². The summed E-state index contributed by atoms with van der Waals surface area (Å²) in [5, 5.41) is 19.8. The fourth-order valence-electron chi connectivity index (χ4n) is 5.05. The molecule has 166 valence electrons. The topological polar surface area (TPSA) is 66.0 Å². The van der Waals surface area contributed by atoms with Crippen LogP contribution in [-0.2, 0) is 17.4 Å². The number of carboxylic acid groups (broad SMARTS) is 1. The molecule has 0 bridgehead atoms. The first-order valence-electron chi connectivity index (χ1n) is 10.7. The van der Waals surface area contributed by atoms with Crippen molar-refractivity contribution in [1.29, 1.82) is 5.26 Å². The van der Waals surface area contributed by atoms with Gasteiger partial charge in [-0.2, -0.15) is 18.4 Å².